The summed E-state index contributed by atoms with van der Waals surface area (Å²) in [6, 6.07) is 22.9. The summed E-state index contributed by atoms with van der Waals surface area (Å²) >= 11 is -2.55. The molecule has 4 rings (SSSR count). The van der Waals surface area contributed by atoms with Crippen LogP contribution >= 0.6 is 0 Å². The van der Waals surface area contributed by atoms with Crippen LogP contribution in [0.25, 0.3) is 0 Å². The van der Waals surface area contributed by atoms with Crippen molar-refractivity contribution >= 4 is 11.4 Å². The first-order valence-corrected chi connectivity index (χ1v) is 21.9. The van der Waals surface area contributed by atoms with Crippen molar-refractivity contribution in [1.29, 1.82) is 0 Å². The van der Waals surface area contributed by atoms with Crippen LogP contribution in [0.3, 0.4) is 0 Å². The van der Waals surface area contributed by atoms with Gasteiger partial charge in [0.1, 0.15) is 0 Å². The van der Waals surface area contributed by atoms with Crippen LogP contribution in [-0.2, 0) is 44.7 Å². The fourth-order valence-corrected chi connectivity index (χ4v) is 16.5. The minimum atomic E-state index is -2.55. The van der Waals surface area contributed by atoms with Gasteiger partial charge < -0.3 is 0 Å². The summed E-state index contributed by atoms with van der Waals surface area (Å²) in [5.41, 5.74) is 11.3. The van der Waals surface area contributed by atoms with E-state index in [1.807, 2.05) is 7.11 Å². The molecular formula is C40H55N2OY. The Bertz CT molecular complexity index is 1450. The van der Waals surface area contributed by atoms with E-state index in [0.717, 1.165) is 25.0 Å². The van der Waals surface area contributed by atoms with E-state index in [4.69, 9.17) is 4.74 Å². The monoisotopic (exact) mass is 668 g/mol. The van der Waals surface area contributed by atoms with Gasteiger partial charge in [-0.3, -0.25) is 0 Å². The summed E-state index contributed by atoms with van der Waals surface area (Å²) in [5, 5.41) is 0. The van der Waals surface area contributed by atoms with Gasteiger partial charge in [0, 0.05) is 0 Å². The average molecular weight is 669 g/mol. The number of allylic oxidation sites excluding steroid dienone is 4. The zero-order valence-corrected chi connectivity index (χ0v) is 32.2. The van der Waals surface area contributed by atoms with Crippen LogP contribution in [0, 0.1) is 6.92 Å². The summed E-state index contributed by atoms with van der Waals surface area (Å²) < 4.78 is 10.5. The van der Waals surface area contributed by atoms with E-state index in [9.17, 15) is 0 Å². The third-order valence-electron chi connectivity index (χ3n) is 9.83. The number of anilines is 2. The Kier molecular flexibility index (Phi) is 11.3. The Hall–Kier alpha value is -2.36. The molecule has 0 radical (unpaired) electrons. The van der Waals surface area contributed by atoms with Gasteiger partial charge in [0.05, 0.1) is 0 Å². The molecular weight excluding hydrogens is 613 g/mol. The molecule has 0 bridgehead atoms. The van der Waals surface area contributed by atoms with Gasteiger partial charge in [0.2, 0.25) is 0 Å². The van der Waals surface area contributed by atoms with E-state index in [1.54, 1.807) is 7.96 Å². The first kappa shape index (κ1) is 34.5. The van der Waals surface area contributed by atoms with E-state index < -0.39 is 27.4 Å². The van der Waals surface area contributed by atoms with Gasteiger partial charge in [0.15, 0.2) is 0 Å². The van der Waals surface area contributed by atoms with Gasteiger partial charge in [-0.1, -0.05) is 0 Å². The summed E-state index contributed by atoms with van der Waals surface area (Å²) in [6.07, 6.45) is 8.19. The maximum absolute atomic E-state index is 6.36. The van der Waals surface area contributed by atoms with E-state index in [1.165, 1.54) is 45.7 Å². The minimum absolute atomic E-state index is 0.00197. The van der Waals surface area contributed by atoms with Crippen molar-refractivity contribution < 1.29 is 32.2 Å². The second-order valence-corrected chi connectivity index (χ2v) is 21.1. The molecule has 0 atom stereocenters. The van der Waals surface area contributed by atoms with Gasteiger partial charge in [-0.2, -0.15) is 0 Å². The molecule has 0 spiro atoms. The van der Waals surface area contributed by atoms with Gasteiger partial charge in [-0.05, 0) is 0 Å². The standard InChI is InChI=1S/C22H31O.2C9H12N.Y/c1-8-22(9-2,17-12-10-11-13-17)19-15-16(3)14-18(20(19)23-7)21(4,5)6;2*1-8-6-4-5-7-9(8)10(2)3;/h10-11,14-15H,8-9,12H2,1-7H3;2*4-7H,1H2,2-3H3;. The molecule has 3 aromatic rings. The fourth-order valence-electron chi connectivity index (χ4n) is 7.56. The van der Waals surface area contributed by atoms with Crippen molar-refractivity contribution in [3.8, 4) is 5.75 Å². The predicted octanol–water partition coefficient (Wildman–Crippen LogP) is 9.72. The molecule has 0 aliphatic heterocycles. The Morgan fingerprint density at radius 2 is 1.27 bits per heavy atom. The van der Waals surface area contributed by atoms with E-state index >= 15 is 0 Å². The quantitative estimate of drug-likeness (QED) is 0.191. The predicted molar refractivity (Wildman–Crippen MR) is 188 cm³/mol. The van der Waals surface area contributed by atoms with Gasteiger partial charge >= 0.3 is 281 Å². The summed E-state index contributed by atoms with van der Waals surface area (Å²) in [7, 11) is 10.6. The fraction of sp³-hybridized carbons (Fsp3) is 0.450. The third-order valence-corrected chi connectivity index (χ3v) is 17.9. The van der Waals surface area contributed by atoms with Gasteiger partial charge in [-0.25, -0.2) is 0 Å². The van der Waals surface area contributed by atoms with Crippen LogP contribution in [0.1, 0.15) is 81.7 Å². The van der Waals surface area contributed by atoms with Gasteiger partial charge in [0.25, 0.3) is 0 Å². The third kappa shape index (κ3) is 7.05. The molecule has 0 heterocycles. The van der Waals surface area contributed by atoms with Crippen molar-refractivity contribution in [2.75, 3.05) is 45.1 Å². The number of hydrogen-bond acceptors (Lipinski definition) is 3. The number of rotatable bonds is 12. The summed E-state index contributed by atoms with van der Waals surface area (Å²) in [5.74, 6) is 1.09. The Morgan fingerprint density at radius 3 is 1.73 bits per heavy atom. The van der Waals surface area contributed by atoms with Crippen molar-refractivity contribution in [2.24, 2.45) is 0 Å². The van der Waals surface area contributed by atoms with Crippen LogP contribution in [0.2, 0.25) is 0 Å². The number of para-hydroxylation sites is 2. The second kappa shape index (κ2) is 14.4. The molecule has 0 unspecified atom stereocenters. The topological polar surface area (TPSA) is 15.7 Å². The molecule has 4 heteroatoms. The van der Waals surface area contributed by atoms with E-state index in [2.05, 4.69) is 152 Å². The van der Waals surface area contributed by atoms with Crippen LogP contribution < -0.4 is 14.5 Å². The Balaban J connectivity index is 1.98. The summed E-state index contributed by atoms with van der Waals surface area (Å²) in [4.78, 5) is 4.58. The average Bonchev–Trinajstić information content (AvgIpc) is 3.48. The zero-order valence-electron chi connectivity index (χ0n) is 29.3. The van der Waals surface area contributed by atoms with Crippen LogP contribution in [0.4, 0.5) is 11.4 Å². The van der Waals surface area contributed by atoms with Crippen molar-refractivity contribution in [3.05, 3.63) is 109 Å². The van der Waals surface area contributed by atoms with E-state index in [0.29, 0.717) is 0 Å². The maximum atomic E-state index is 6.36. The molecule has 1 aliphatic rings. The number of ether oxygens (including phenoxy) is 1. The van der Waals surface area contributed by atoms with Crippen LogP contribution in [-0.4, -0.2) is 35.3 Å². The van der Waals surface area contributed by atoms with Gasteiger partial charge in [-0.15, -0.1) is 0 Å². The molecule has 0 fully saturated rings. The Labute approximate surface area is 279 Å². The molecule has 0 saturated carbocycles. The number of hydrogen-bond donors (Lipinski definition) is 0. The number of aryl methyl sites for hydroxylation is 1. The van der Waals surface area contributed by atoms with Crippen LogP contribution in [0.15, 0.2) is 80.8 Å². The number of nitrogens with zero attached hydrogens (tertiary/aromatic N) is 2. The zero-order chi connectivity index (χ0) is 32.2. The van der Waals surface area contributed by atoms with Crippen LogP contribution in [0.5, 0.6) is 5.75 Å². The number of methoxy groups -OCH3 is 1. The molecule has 1 aliphatic carbocycles. The summed E-state index contributed by atoms with van der Waals surface area (Å²) in [6.45, 7) is 14.0. The molecule has 0 saturated heterocycles. The van der Waals surface area contributed by atoms with Crippen molar-refractivity contribution in [3.63, 3.8) is 0 Å². The molecule has 0 aromatic heterocycles. The number of benzene rings is 3. The van der Waals surface area contributed by atoms with Crippen molar-refractivity contribution in [2.45, 2.75) is 78.1 Å². The first-order valence-electron chi connectivity index (χ1n) is 16.5. The molecule has 0 N–H and O–H groups in total. The first-order chi connectivity index (χ1) is 20.9. The Morgan fingerprint density at radius 1 is 0.773 bits per heavy atom. The molecule has 0 amide bonds. The van der Waals surface area contributed by atoms with Crippen molar-refractivity contribution in [1.82, 2.24) is 0 Å². The molecule has 3 aromatic carbocycles. The molecule has 44 heavy (non-hydrogen) atoms. The van der Waals surface area contributed by atoms with E-state index in [-0.39, 0.29) is 10.8 Å². The second-order valence-electron chi connectivity index (χ2n) is 14.1. The molecule has 3 nitrogen and oxygen atoms in total. The SMILES string of the molecule is CCC(CC)(C1=[C]([Y]([CH2]c2ccccc2N(C)C)[CH2]c2ccccc2N(C)C)C=CC1)c1cc(C)cc(C(C)(C)C)c1OC. The normalized spacial score (nSPS) is 13.4. The molecule has 234 valence electrons.